The summed E-state index contributed by atoms with van der Waals surface area (Å²) in [5, 5.41) is 13.7. The Morgan fingerprint density at radius 1 is 1.16 bits per heavy atom. The molecule has 19 heavy (non-hydrogen) atoms. The molecule has 3 N–H and O–H groups in total. The van der Waals surface area contributed by atoms with E-state index in [9.17, 15) is 4.79 Å². The van der Waals surface area contributed by atoms with Crippen molar-refractivity contribution in [2.24, 2.45) is 5.73 Å². The Morgan fingerprint density at radius 2 is 1.89 bits per heavy atom. The summed E-state index contributed by atoms with van der Waals surface area (Å²) in [7, 11) is 0. The Bertz CT molecular complexity index is 701. The molecule has 0 unspecified atom stereocenters. The van der Waals surface area contributed by atoms with E-state index < -0.39 is 5.91 Å². The fourth-order valence-corrected chi connectivity index (χ4v) is 1.68. The van der Waals surface area contributed by atoms with Crippen LogP contribution in [0.2, 0.25) is 0 Å². The SMILES string of the molecule is NC(=O)c1n[nH]nc1-c1ccc(-c2ncon2)cc1. The van der Waals surface area contributed by atoms with Gasteiger partial charge in [0.1, 0.15) is 5.69 Å². The van der Waals surface area contributed by atoms with Gasteiger partial charge in [0.15, 0.2) is 5.69 Å². The maximum absolute atomic E-state index is 11.2. The van der Waals surface area contributed by atoms with Gasteiger partial charge in [-0.3, -0.25) is 4.79 Å². The van der Waals surface area contributed by atoms with Crippen LogP contribution in [0.5, 0.6) is 0 Å². The van der Waals surface area contributed by atoms with Crippen LogP contribution in [0.25, 0.3) is 22.6 Å². The van der Waals surface area contributed by atoms with E-state index >= 15 is 0 Å². The van der Waals surface area contributed by atoms with Gasteiger partial charge in [-0.2, -0.15) is 20.4 Å². The fourth-order valence-electron chi connectivity index (χ4n) is 1.68. The van der Waals surface area contributed by atoms with Crippen LogP contribution in [-0.2, 0) is 0 Å². The Kier molecular flexibility index (Phi) is 2.53. The van der Waals surface area contributed by atoms with Crippen molar-refractivity contribution in [3.05, 3.63) is 36.4 Å². The number of nitrogens with two attached hydrogens (primary N) is 1. The number of primary amides is 1. The van der Waals surface area contributed by atoms with Crippen molar-refractivity contribution in [2.45, 2.75) is 0 Å². The Morgan fingerprint density at radius 3 is 2.53 bits per heavy atom. The molecule has 0 radical (unpaired) electrons. The molecule has 3 aromatic rings. The van der Waals surface area contributed by atoms with Gasteiger partial charge in [0, 0.05) is 11.1 Å². The first-order valence-corrected chi connectivity index (χ1v) is 5.33. The number of carbonyl (C=O) groups is 1. The van der Waals surface area contributed by atoms with Crippen molar-refractivity contribution >= 4 is 5.91 Å². The highest BCUT2D eigenvalue weighted by Gasteiger charge is 2.15. The van der Waals surface area contributed by atoms with E-state index in [0.717, 1.165) is 11.1 Å². The number of nitrogens with one attached hydrogen (secondary N) is 1. The largest absolute Gasteiger partial charge is 0.364 e. The average Bonchev–Trinajstić information content (AvgIpc) is 3.10. The predicted molar refractivity (Wildman–Crippen MR) is 63.6 cm³/mol. The number of hydrogen-bond donors (Lipinski definition) is 2. The van der Waals surface area contributed by atoms with Gasteiger partial charge in [0.25, 0.3) is 5.91 Å². The highest BCUT2D eigenvalue weighted by molar-refractivity contribution is 5.96. The number of H-pyrrole nitrogens is 1. The molecule has 0 aliphatic heterocycles. The number of benzene rings is 1. The number of amides is 1. The highest BCUT2D eigenvalue weighted by Crippen LogP contribution is 2.22. The van der Waals surface area contributed by atoms with Gasteiger partial charge in [0.05, 0.1) is 0 Å². The van der Waals surface area contributed by atoms with Crippen LogP contribution in [-0.4, -0.2) is 31.5 Å². The monoisotopic (exact) mass is 256 g/mol. The van der Waals surface area contributed by atoms with Crippen LogP contribution in [0, 0.1) is 0 Å². The maximum Gasteiger partial charge on any atom is 0.271 e. The number of aromatic nitrogens is 5. The van der Waals surface area contributed by atoms with Gasteiger partial charge >= 0.3 is 0 Å². The average molecular weight is 256 g/mol. The van der Waals surface area contributed by atoms with Gasteiger partial charge in [-0.25, -0.2) is 0 Å². The zero-order valence-electron chi connectivity index (χ0n) is 9.57. The number of aromatic amines is 1. The van der Waals surface area contributed by atoms with Crippen molar-refractivity contribution in [1.29, 1.82) is 0 Å². The second-order valence-electron chi connectivity index (χ2n) is 3.72. The molecule has 3 rings (SSSR count). The molecular weight excluding hydrogens is 248 g/mol. The first kappa shape index (κ1) is 11.1. The molecule has 0 atom stereocenters. The van der Waals surface area contributed by atoms with Crippen molar-refractivity contribution in [2.75, 3.05) is 0 Å². The molecule has 0 saturated carbocycles. The molecule has 0 aliphatic rings. The zero-order valence-corrected chi connectivity index (χ0v) is 9.57. The molecule has 1 aromatic carbocycles. The van der Waals surface area contributed by atoms with Crippen LogP contribution in [0.15, 0.2) is 35.2 Å². The van der Waals surface area contributed by atoms with Crippen molar-refractivity contribution in [3.8, 4) is 22.6 Å². The summed E-state index contributed by atoms with van der Waals surface area (Å²) in [6, 6.07) is 7.13. The molecule has 94 valence electrons. The summed E-state index contributed by atoms with van der Waals surface area (Å²) in [6.07, 6.45) is 1.26. The van der Waals surface area contributed by atoms with E-state index in [0.29, 0.717) is 11.5 Å². The fraction of sp³-hybridized carbons (Fsp3) is 0. The summed E-state index contributed by atoms with van der Waals surface area (Å²) in [4.78, 5) is 15.1. The Labute approximate surface area is 106 Å². The molecular formula is C11H8N6O2. The number of rotatable bonds is 3. The van der Waals surface area contributed by atoms with Gasteiger partial charge < -0.3 is 10.3 Å². The summed E-state index contributed by atoms with van der Waals surface area (Å²) in [6.45, 7) is 0. The first-order valence-electron chi connectivity index (χ1n) is 5.33. The quantitative estimate of drug-likeness (QED) is 0.707. The summed E-state index contributed by atoms with van der Waals surface area (Å²) < 4.78 is 4.67. The molecule has 8 nitrogen and oxygen atoms in total. The molecule has 2 heterocycles. The third kappa shape index (κ3) is 1.95. The smallest absolute Gasteiger partial charge is 0.271 e. The second kappa shape index (κ2) is 4.33. The summed E-state index contributed by atoms with van der Waals surface area (Å²) in [5.41, 5.74) is 7.23. The molecule has 1 amide bonds. The first-order chi connectivity index (χ1) is 9.25. The lowest BCUT2D eigenvalue weighted by Gasteiger charge is -1.99. The van der Waals surface area contributed by atoms with Crippen LogP contribution < -0.4 is 5.73 Å². The molecule has 0 spiro atoms. The summed E-state index contributed by atoms with van der Waals surface area (Å²) >= 11 is 0. The third-order valence-corrected chi connectivity index (χ3v) is 2.56. The van der Waals surface area contributed by atoms with E-state index in [1.165, 1.54) is 6.39 Å². The van der Waals surface area contributed by atoms with E-state index in [-0.39, 0.29) is 5.69 Å². The predicted octanol–water partition coefficient (Wildman–Crippen LogP) is 0.621. The van der Waals surface area contributed by atoms with E-state index in [1.807, 2.05) is 0 Å². The van der Waals surface area contributed by atoms with Gasteiger partial charge in [-0.15, -0.1) is 0 Å². The minimum absolute atomic E-state index is 0.104. The topological polar surface area (TPSA) is 124 Å². The van der Waals surface area contributed by atoms with Crippen LogP contribution in [0.4, 0.5) is 0 Å². The third-order valence-electron chi connectivity index (χ3n) is 2.56. The molecule has 0 aliphatic carbocycles. The van der Waals surface area contributed by atoms with Crippen LogP contribution in [0.3, 0.4) is 0 Å². The van der Waals surface area contributed by atoms with Gasteiger partial charge in [-0.05, 0) is 0 Å². The normalized spacial score (nSPS) is 10.5. The molecule has 0 fully saturated rings. The maximum atomic E-state index is 11.2. The lowest BCUT2D eigenvalue weighted by molar-refractivity contribution is 0.0996. The van der Waals surface area contributed by atoms with E-state index in [1.54, 1.807) is 24.3 Å². The van der Waals surface area contributed by atoms with E-state index in [2.05, 4.69) is 30.1 Å². The lowest BCUT2D eigenvalue weighted by Crippen LogP contribution is -2.12. The number of nitrogens with zero attached hydrogens (tertiary/aromatic N) is 4. The van der Waals surface area contributed by atoms with E-state index in [4.69, 9.17) is 5.73 Å². The number of hydrogen-bond acceptors (Lipinski definition) is 6. The Balaban J connectivity index is 1.99. The van der Waals surface area contributed by atoms with Crippen molar-refractivity contribution < 1.29 is 9.32 Å². The minimum Gasteiger partial charge on any atom is -0.364 e. The summed E-state index contributed by atoms with van der Waals surface area (Å²) in [5.74, 6) is -0.146. The molecule has 0 bridgehead atoms. The minimum atomic E-state index is -0.633. The Hall–Kier alpha value is -3.03. The van der Waals surface area contributed by atoms with Crippen molar-refractivity contribution in [3.63, 3.8) is 0 Å². The highest BCUT2D eigenvalue weighted by atomic mass is 16.5. The second-order valence-corrected chi connectivity index (χ2v) is 3.72. The standard InChI is InChI=1S/C11H8N6O2/c12-10(18)9-8(14-17-15-9)6-1-3-7(4-2-6)11-13-5-19-16-11/h1-5H,(H2,12,18)(H,14,15,17). The molecule has 8 heteroatoms. The van der Waals surface area contributed by atoms with Crippen LogP contribution >= 0.6 is 0 Å². The van der Waals surface area contributed by atoms with Gasteiger partial charge in [-0.1, -0.05) is 29.4 Å². The lowest BCUT2D eigenvalue weighted by atomic mass is 10.1. The molecule has 0 saturated heterocycles. The van der Waals surface area contributed by atoms with Gasteiger partial charge in [0.2, 0.25) is 12.2 Å². The zero-order chi connectivity index (χ0) is 13.2. The molecule has 2 aromatic heterocycles. The number of carbonyl (C=O) groups excluding carboxylic acids is 1. The van der Waals surface area contributed by atoms with Crippen LogP contribution in [0.1, 0.15) is 10.5 Å². The van der Waals surface area contributed by atoms with Crippen molar-refractivity contribution in [1.82, 2.24) is 25.6 Å².